The molecule has 0 aliphatic carbocycles. The van der Waals surface area contributed by atoms with E-state index in [1.165, 1.54) is 0 Å². The molecule has 0 saturated carbocycles. The summed E-state index contributed by atoms with van der Waals surface area (Å²) in [7, 11) is 0. The van der Waals surface area contributed by atoms with Crippen LogP contribution in [-0.4, -0.2) is 44.2 Å². The van der Waals surface area contributed by atoms with E-state index in [9.17, 15) is 4.79 Å². The summed E-state index contributed by atoms with van der Waals surface area (Å²) in [6.07, 6.45) is 3.95. The first-order valence-electron chi connectivity index (χ1n) is 10.5. The number of likely N-dealkylation sites (tertiary alicyclic amines) is 1. The molecule has 7 heteroatoms. The molecule has 4 heterocycles. The van der Waals surface area contributed by atoms with Crippen LogP contribution in [0.25, 0.3) is 21.9 Å². The van der Waals surface area contributed by atoms with Crippen molar-refractivity contribution in [2.45, 2.75) is 39.2 Å². The molecular weight excluding hydrogens is 378 g/mol. The summed E-state index contributed by atoms with van der Waals surface area (Å²) in [5.41, 5.74) is 3.41. The van der Waals surface area contributed by atoms with Crippen LogP contribution in [0.5, 0.6) is 0 Å². The zero-order chi connectivity index (χ0) is 20.7. The van der Waals surface area contributed by atoms with Crippen LogP contribution in [0.4, 0.5) is 0 Å². The van der Waals surface area contributed by atoms with E-state index in [2.05, 4.69) is 26.1 Å². The molecule has 0 spiro atoms. The van der Waals surface area contributed by atoms with E-state index in [0.29, 0.717) is 23.7 Å². The summed E-state index contributed by atoms with van der Waals surface area (Å²) in [4.78, 5) is 24.1. The van der Waals surface area contributed by atoms with Crippen molar-refractivity contribution in [1.29, 1.82) is 0 Å². The van der Waals surface area contributed by atoms with Crippen molar-refractivity contribution < 1.29 is 4.52 Å². The van der Waals surface area contributed by atoms with Gasteiger partial charge in [0.1, 0.15) is 5.82 Å². The molecule has 1 aliphatic rings. The number of para-hydroxylation sites is 1. The van der Waals surface area contributed by atoms with E-state index in [0.717, 1.165) is 60.3 Å². The molecule has 4 aromatic rings. The van der Waals surface area contributed by atoms with E-state index in [4.69, 9.17) is 4.52 Å². The fraction of sp³-hybridized carbons (Fsp3) is 0.391. The highest BCUT2D eigenvalue weighted by Gasteiger charge is 2.24. The van der Waals surface area contributed by atoms with Gasteiger partial charge in [0.25, 0.3) is 5.56 Å². The lowest BCUT2D eigenvalue weighted by molar-refractivity contribution is 0.202. The standard InChI is InChI=1S/C23H25N5O2/c1-15-21-19(25-16(2)24-15)9-12-28(23(21)29)14-13-27-10-7-17(8-11-27)22-18-5-3-4-6-20(18)30-26-22/h3-6,9,12,17H,7-8,10-11,13-14H2,1-2H3. The van der Waals surface area contributed by atoms with Crippen LogP contribution < -0.4 is 5.56 Å². The van der Waals surface area contributed by atoms with Crippen molar-refractivity contribution in [3.63, 3.8) is 0 Å². The molecule has 0 bridgehead atoms. The minimum Gasteiger partial charge on any atom is -0.356 e. The predicted octanol–water partition coefficient (Wildman–Crippen LogP) is 3.43. The number of hydrogen-bond acceptors (Lipinski definition) is 6. The zero-order valence-corrected chi connectivity index (χ0v) is 17.3. The Morgan fingerprint density at radius 2 is 1.87 bits per heavy atom. The molecular formula is C23H25N5O2. The number of fused-ring (bicyclic) bond motifs is 2. The van der Waals surface area contributed by atoms with Gasteiger partial charge in [0.2, 0.25) is 0 Å². The van der Waals surface area contributed by atoms with Gasteiger partial charge in [-0.25, -0.2) is 9.97 Å². The summed E-state index contributed by atoms with van der Waals surface area (Å²) < 4.78 is 7.27. The Bertz CT molecular complexity index is 1270. The average Bonchev–Trinajstić information content (AvgIpc) is 3.17. The van der Waals surface area contributed by atoms with Gasteiger partial charge in [-0.3, -0.25) is 4.79 Å². The van der Waals surface area contributed by atoms with Crippen molar-refractivity contribution in [1.82, 2.24) is 24.6 Å². The molecule has 30 heavy (non-hydrogen) atoms. The monoisotopic (exact) mass is 403 g/mol. The van der Waals surface area contributed by atoms with Gasteiger partial charge in [-0.1, -0.05) is 17.3 Å². The van der Waals surface area contributed by atoms with Crippen LogP contribution in [0.2, 0.25) is 0 Å². The third-order valence-electron chi connectivity index (χ3n) is 6.15. The first kappa shape index (κ1) is 18.9. The second kappa shape index (κ2) is 7.65. The largest absolute Gasteiger partial charge is 0.356 e. The number of benzene rings is 1. The highest BCUT2D eigenvalue weighted by molar-refractivity contribution is 5.80. The lowest BCUT2D eigenvalue weighted by Crippen LogP contribution is -2.36. The van der Waals surface area contributed by atoms with Crippen LogP contribution in [0, 0.1) is 13.8 Å². The van der Waals surface area contributed by atoms with E-state index < -0.39 is 0 Å². The second-order valence-electron chi connectivity index (χ2n) is 8.11. The van der Waals surface area contributed by atoms with E-state index >= 15 is 0 Å². The van der Waals surface area contributed by atoms with Gasteiger partial charge >= 0.3 is 0 Å². The van der Waals surface area contributed by atoms with E-state index in [1.807, 2.05) is 44.3 Å². The lowest BCUT2D eigenvalue weighted by Gasteiger charge is -2.31. The minimum atomic E-state index is -0.00560. The van der Waals surface area contributed by atoms with Crippen molar-refractivity contribution in [3.8, 4) is 0 Å². The van der Waals surface area contributed by atoms with Crippen molar-refractivity contribution >= 4 is 21.9 Å². The molecule has 0 N–H and O–H groups in total. The van der Waals surface area contributed by atoms with E-state index in [1.54, 1.807) is 4.57 Å². The fourth-order valence-corrected chi connectivity index (χ4v) is 4.55. The lowest BCUT2D eigenvalue weighted by atomic mass is 9.91. The molecule has 1 aromatic carbocycles. The highest BCUT2D eigenvalue weighted by atomic mass is 16.5. The molecule has 7 nitrogen and oxygen atoms in total. The maximum absolute atomic E-state index is 12.9. The van der Waals surface area contributed by atoms with Gasteiger partial charge in [-0.2, -0.15) is 0 Å². The predicted molar refractivity (Wildman–Crippen MR) is 116 cm³/mol. The normalized spacial score (nSPS) is 15.9. The van der Waals surface area contributed by atoms with Crippen molar-refractivity contribution in [3.05, 3.63) is 64.1 Å². The zero-order valence-electron chi connectivity index (χ0n) is 17.3. The second-order valence-corrected chi connectivity index (χ2v) is 8.11. The summed E-state index contributed by atoms with van der Waals surface area (Å²) in [6.45, 7) is 7.23. The summed E-state index contributed by atoms with van der Waals surface area (Å²) in [5, 5.41) is 6.10. The molecule has 0 radical (unpaired) electrons. The third-order valence-corrected chi connectivity index (χ3v) is 6.15. The Balaban J connectivity index is 1.25. The number of aromatic nitrogens is 4. The fourth-order valence-electron chi connectivity index (χ4n) is 4.55. The Morgan fingerprint density at radius 1 is 1.07 bits per heavy atom. The number of hydrogen-bond donors (Lipinski definition) is 0. The topological polar surface area (TPSA) is 77.0 Å². The van der Waals surface area contributed by atoms with Gasteiger partial charge in [0, 0.05) is 30.6 Å². The van der Waals surface area contributed by atoms with Crippen molar-refractivity contribution in [2.75, 3.05) is 19.6 Å². The average molecular weight is 403 g/mol. The van der Waals surface area contributed by atoms with Crippen molar-refractivity contribution in [2.24, 2.45) is 0 Å². The number of aryl methyl sites for hydroxylation is 2. The summed E-state index contributed by atoms with van der Waals surface area (Å²) in [5.74, 6) is 1.12. The van der Waals surface area contributed by atoms with Crippen LogP contribution in [0.15, 0.2) is 45.8 Å². The van der Waals surface area contributed by atoms with Crippen LogP contribution >= 0.6 is 0 Å². The molecule has 154 valence electrons. The number of nitrogens with zero attached hydrogens (tertiary/aromatic N) is 5. The smallest absolute Gasteiger partial charge is 0.261 e. The maximum Gasteiger partial charge on any atom is 0.261 e. The van der Waals surface area contributed by atoms with Crippen LogP contribution in [0.3, 0.4) is 0 Å². The first-order chi connectivity index (χ1) is 14.6. The number of pyridine rings is 1. The Hall–Kier alpha value is -3.06. The van der Waals surface area contributed by atoms with Crippen LogP contribution in [0.1, 0.15) is 36.0 Å². The number of piperidine rings is 1. The minimum absolute atomic E-state index is 0.00560. The van der Waals surface area contributed by atoms with E-state index in [-0.39, 0.29) is 5.56 Å². The van der Waals surface area contributed by atoms with Gasteiger partial charge in [-0.15, -0.1) is 0 Å². The highest BCUT2D eigenvalue weighted by Crippen LogP contribution is 2.32. The van der Waals surface area contributed by atoms with Gasteiger partial charge in [0.05, 0.1) is 22.3 Å². The molecule has 1 fully saturated rings. The molecule has 3 aromatic heterocycles. The maximum atomic E-state index is 12.9. The molecule has 0 amide bonds. The molecule has 0 unspecified atom stereocenters. The third kappa shape index (κ3) is 3.39. The Morgan fingerprint density at radius 3 is 2.70 bits per heavy atom. The SMILES string of the molecule is Cc1nc(C)c2c(=O)n(CCN3CCC(c4noc5ccccc45)CC3)ccc2n1. The molecule has 5 rings (SSSR count). The molecule has 0 atom stereocenters. The summed E-state index contributed by atoms with van der Waals surface area (Å²) >= 11 is 0. The van der Waals surface area contributed by atoms with Gasteiger partial charge in [-0.05, 0) is 58.0 Å². The summed E-state index contributed by atoms with van der Waals surface area (Å²) in [6, 6.07) is 9.99. The van der Waals surface area contributed by atoms with Gasteiger partial charge in [0.15, 0.2) is 5.58 Å². The quantitative estimate of drug-likeness (QED) is 0.520. The Kier molecular flexibility index (Phi) is 4.83. The van der Waals surface area contributed by atoms with Crippen LogP contribution in [-0.2, 0) is 6.54 Å². The number of rotatable bonds is 4. The first-order valence-corrected chi connectivity index (χ1v) is 10.5. The van der Waals surface area contributed by atoms with Gasteiger partial charge < -0.3 is 14.0 Å². The molecule has 1 aliphatic heterocycles. The Labute approximate surface area is 174 Å². The molecule has 1 saturated heterocycles.